The van der Waals surface area contributed by atoms with Gasteiger partial charge in [0.2, 0.25) is 0 Å². The fraction of sp³-hybridized carbons (Fsp3) is 0.435. The van der Waals surface area contributed by atoms with Crippen LogP contribution in [0.15, 0.2) is 42.5 Å². The van der Waals surface area contributed by atoms with Crippen LogP contribution in [0, 0.1) is 13.8 Å². The second kappa shape index (κ2) is 7.63. The van der Waals surface area contributed by atoms with Gasteiger partial charge in [0, 0.05) is 17.6 Å². The van der Waals surface area contributed by atoms with Gasteiger partial charge in [0.25, 0.3) is 5.91 Å². The number of carbonyl (C=O) groups is 1. The molecule has 1 N–H and O–H groups in total. The van der Waals surface area contributed by atoms with Gasteiger partial charge in [-0.25, -0.2) is 0 Å². The molecule has 0 radical (unpaired) electrons. The van der Waals surface area contributed by atoms with Crippen LogP contribution in [0.5, 0.6) is 0 Å². The molecule has 0 aromatic heterocycles. The van der Waals surface area contributed by atoms with Gasteiger partial charge >= 0.3 is 0 Å². The van der Waals surface area contributed by atoms with E-state index in [0.717, 1.165) is 22.3 Å². The van der Waals surface area contributed by atoms with Crippen molar-refractivity contribution < 1.29 is 4.79 Å². The zero-order valence-corrected chi connectivity index (χ0v) is 16.4. The number of hydrogen-bond donors (Lipinski definition) is 1. The fourth-order valence-electron chi connectivity index (χ4n) is 4.33. The number of aryl methyl sites for hydroxylation is 2. The summed E-state index contributed by atoms with van der Waals surface area (Å²) in [4.78, 5) is 14.9. The lowest BCUT2D eigenvalue weighted by molar-refractivity contribution is 0.0949. The maximum atomic E-state index is 12.6. The van der Waals surface area contributed by atoms with Crippen molar-refractivity contribution in [2.24, 2.45) is 0 Å². The molecular formula is C23H30N2O. The summed E-state index contributed by atoms with van der Waals surface area (Å²) in [5.74, 6) is 0.00484. The predicted molar refractivity (Wildman–Crippen MR) is 107 cm³/mol. The Bertz CT molecular complexity index is 751. The molecule has 0 spiro atoms. The molecule has 1 amide bonds. The van der Waals surface area contributed by atoms with E-state index in [1.807, 2.05) is 32.0 Å². The van der Waals surface area contributed by atoms with Gasteiger partial charge in [-0.15, -0.1) is 0 Å². The van der Waals surface area contributed by atoms with E-state index in [1.165, 1.54) is 31.2 Å². The molecule has 0 aliphatic heterocycles. The quantitative estimate of drug-likeness (QED) is 0.857. The Kier molecular flexibility index (Phi) is 5.47. The summed E-state index contributed by atoms with van der Waals surface area (Å²) < 4.78 is 0. The summed E-state index contributed by atoms with van der Waals surface area (Å²) in [6.07, 6.45) is 5.04. The molecule has 0 unspecified atom stereocenters. The first-order chi connectivity index (χ1) is 12.4. The Morgan fingerprint density at radius 3 is 2.12 bits per heavy atom. The summed E-state index contributed by atoms with van der Waals surface area (Å²) in [6.45, 7) is 4.53. The molecule has 26 heavy (non-hydrogen) atoms. The molecule has 1 fully saturated rings. The number of nitrogens with zero attached hydrogens (tertiary/aromatic N) is 1. The first-order valence-electron chi connectivity index (χ1n) is 9.55. The molecule has 138 valence electrons. The third-order valence-electron chi connectivity index (χ3n) is 5.94. The molecule has 0 bridgehead atoms. The minimum Gasteiger partial charge on any atom is -0.348 e. The Morgan fingerprint density at radius 2 is 1.58 bits per heavy atom. The average molecular weight is 351 g/mol. The third kappa shape index (κ3) is 3.54. The van der Waals surface area contributed by atoms with E-state index < -0.39 is 0 Å². The molecular weight excluding hydrogens is 320 g/mol. The van der Waals surface area contributed by atoms with Crippen molar-refractivity contribution in [3.8, 4) is 0 Å². The topological polar surface area (TPSA) is 32.3 Å². The van der Waals surface area contributed by atoms with Crippen LogP contribution in [0.1, 0.15) is 58.3 Å². The monoisotopic (exact) mass is 350 g/mol. The van der Waals surface area contributed by atoms with Gasteiger partial charge in [-0.2, -0.15) is 0 Å². The van der Waals surface area contributed by atoms with Crippen molar-refractivity contribution >= 4 is 5.91 Å². The van der Waals surface area contributed by atoms with E-state index >= 15 is 0 Å². The molecule has 1 aliphatic rings. The summed E-state index contributed by atoms with van der Waals surface area (Å²) in [5, 5.41) is 3.07. The van der Waals surface area contributed by atoms with Crippen LogP contribution in [0.3, 0.4) is 0 Å². The van der Waals surface area contributed by atoms with Crippen molar-refractivity contribution in [2.45, 2.75) is 51.6 Å². The zero-order chi connectivity index (χ0) is 18.7. The summed E-state index contributed by atoms with van der Waals surface area (Å²) in [5.41, 5.74) is 5.55. The smallest absolute Gasteiger partial charge is 0.252 e. The number of benzene rings is 2. The summed E-state index contributed by atoms with van der Waals surface area (Å²) >= 11 is 0. The molecule has 3 rings (SSSR count). The van der Waals surface area contributed by atoms with Crippen LogP contribution in [0.4, 0.5) is 0 Å². The minimum absolute atomic E-state index is 0.00484. The first-order valence-corrected chi connectivity index (χ1v) is 9.55. The SMILES string of the molecule is Cc1cccc(C)c1C(=O)NCc1ccc(C2(N(C)C)CCCC2)cc1. The maximum Gasteiger partial charge on any atom is 0.252 e. The number of hydrogen-bond acceptors (Lipinski definition) is 2. The van der Waals surface area contributed by atoms with Crippen LogP contribution in [-0.4, -0.2) is 24.9 Å². The molecule has 3 nitrogen and oxygen atoms in total. The summed E-state index contributed by atoms with van der Waals surface area (Å²) in [6, 6.07) is 14.8. The lowest BCUT2D eigenvalue weighted by Gasteiger charge is -2.37. The van der Waals surface area contributed by atoms with Crippen LogP contribution in [0.2, 0.25) is 0 Å². The molecule has 1 aliphatic carbocycles. The highest BCUT2D eigenvalue weighted by molar-refractivity contribution is 5.97. The highest BCUT2D eigenvalue weighted by Crippen LogP contribution is 2.42. The van der Waals surface area contributed by atoms with Gasteiger partial charge in [-0.05, 0) is 63.0 Å². The number of nitrogens with one attached hydrogen (secondary N) is 1. The van der Waals surface area contributed by atoms with E-state index in [4.69, 9.17) is 0 Å². The number of rotatable bonds is 5. The van der Waals surface area contributed by atoms with Crippen LogP contribution < -0.4 is 5.32 Å². The van der Waals surface area contributed by atoms with Gasteiger partial charge in [-0.1, -0.05) is 55.3 Å². The standard InChI is InChI=1S/C23H30N2O/c1-17-8-7-9-18(2)21(17)22(26)24-16-19-10-12-20(13-11-19)23(25(3)4)14-5-6-15-23/h7-13H,5-6,14-16H2,1-4H3,(H,24,26). The van der Waals surface area contributed by atoms with Crippen LogP contribution >= 0.6 is 0 Å². The van der Waals surface area contributed by atoms with Crippen LogP contribution in [0.25, 0.3) is 0 Å². The van der Waals surface area contributed by atoms with Crippen molar-refractivity contribution in [3.05, 3.63) is 70.3 Å². The van der Waals surface area contributed by atoms with E-state index in [-0.39, 0.29) is 11.4 Å². The second-order valence-corrected chi connectivity index (χ2v) is 7.78. The van der Waals surface area contributed by atoms with Crippen molar-refractivity contribution in [1.29, 1.82) is 0 Å². The van der Waals surface area contributed by atoms with E-state index in [0.29, 0.717) is 6.54 Å². The van der Waals surface area contributed by atoms with Gasteiger partial charge in [0.05, 0.1) is 0 Å². The lowest BCUT2D eigenvalue weighted by atomic mass is 9.86. The minimum atomic E-state index is 0.00484. The predicted octanol–water partition coefficient (Wildman–Crippen LogP) is 4.56. The molecule has 0 heterocycles. The van der Waals surface area contributed by atoms with E-state index in [9.17, 15) is 4.79 Å². The average Bonchev–Trinajstić information content (AvgIpc) is 3.11. The largest absolute Gasteiger partial charge is 0.348 e. The van der Waals surface area contributed by atoms with Crippen molar-refractivity contribution in [3.63, 3.8) is 0 Å². The highest BCUT2D eigenvalue weighted by atomic mass is 16.1. The zero-order valence-electron chi connectivity index (χ0n) is 16.4. The number of amides is 1. The maximum absolute atomic E-state index is 12.6. The molecule has 1 saturated carbocycles. The van der Waals surface area contributed by atoms with Gasteiger partial charge in [0.15, 0.2) is 0 Å². The Morgan fingerprint density at radius 1 is 1.00 bits per heavy atom. The third-order valence-corrected chi connectivity index (χ3v) is 5.94. The fourth-order valence-corrected chi connectivity index (χ4v) is 4.33. The highest BCUT2D eigenvalue weighted by Gasteiger charge is 2.37. The molecule has 0 saturated heterocycles. The normalized spacial score (nSPS) is 16.0. The molecule has 2 aromatic rings. The molecule has 2 aromatic carbocycles. The molecule has 3 heteroatoms. The Labute approximate surface area is 157 Å². The van der Waals surface area contributed by atoms with Crippen LogP contribution in [-0.2, 0) is 12.1 Å². The van der Waals surface area contributed by atoms with Gasteiger partial charge in [0.1, 0.15) is 0 Å². The second-order valence-electron chi connectivity index (χ2n) is 7.78. The van der Waals surface area contributed by atoms with Crippen molar-refractivity contribution in [1.82, 2.24) is 10.2 Å². The first kappa shape index (κ1) is 18.7. The lowest BCUT2D eigenvalue weighted by Crippen LogP contribution is -2.38. The summed E-state index contributed by atoms with van der Waals surface area (Å²) in [7, 11) is 4.37. The van der Waals surface area contributed by atoms with Crippen molar-refractivity contribution in [2.75, 3.05) is 14.1 Å². The van der Waals surface area contributed by atoms with Gasteiger partial charge < -0.3 is 5.32 Å². The van der Waals surface area contributed by atoms with E-state index in [2.05, 4.69) is 48.6 Å². The Balaban J connectivity index is 1.69. The molecule has 0 atom stereocenters. The van der Waals surface area contributed by atoms with E-state index in [1.54, 1.807) is 0 Å². The number of carbonyl (C=O) groups excluding carboxylic acids is 1. The van der Waals surface area contributed by atoms with Gasteiger partial charge in [-0.3, -0.25) is 9.69 Å². The Hall–Kier alpha value is -2.13.